The van der Waals surface area contributed by atoms with Crippen molar-refractivity contribution in [1.82, 2.24) is 0 Å². The third-order valence-corrected chi connectivity index (χ3v) is 6.81. The Morgan fingerprint density at radius 2 is 0.328 bits per heavy atom. The number of carboxylic acids is 6. The van der Waals surface area contributed by atoms with Crippen LogP contribution in [-0.2, 0) is 21.1 Å². The van der Waals surface area contributed by atoms with Crippen molar-refractivity contribution in [3.05, 3.63) is 179 Å². The average molecular weight is 1010 g/mol. The van der Waals surface area contributed by atoms with Gasteiger partial charge in [0.05, 0.1) is 0 Å². The second-order valence-electron chi connectivity index (χ2n) is 10.9. The molecule has 6 rings (SSSR count). The molecule has 0 heterocycles. The summed E-state index contributed by atoms with van der Waals surface area (Å²) in [5, 5.41) is 104. The summed E-state index contributed by atoms with van der Waals surface area (Å²) >= 11 is 0. The molecule has 61 heavy (non-hydrogen) atoms. The van der Waals surface area contributed by atoms with Crippen molar-refractivity contribution >= 4 is 35.8 Å². The van der Waals surface area contributed by atoms with E-state index in [-0.39, 0.29) is 88.9 Å². The van der Waals surface area contributed by atoms with Crippen LogP contribution in [0.25, 0.3) is 0 Å². The number of benzene rings is 6. The zero-order valence-corrected chi connectivity index (χ0v) is 34.0. The van der Waals surface area contributed by atoms with Crippen molar-refractivity contribution in [2.45, 2.75) is 0 Å². The molecule has 0 aliphatic carbocycles. The molecule has 318 valence electrons. The van der Waals surface area contributed by atoms with Gasteiger partial charge in [0.25, 0.3) is 0 Å². The van der Waals surface area contributed by atoms with Crippen LogP contribution in [0.4, 0.5) is 0 Å². The van der Waals surface area contributed by atoms with Crippen LogP contribution in [-0.4, -0.2) is 97.1 Å². The minimum absolute atomic E-state index is 0. The molecule has 0 atom stereocenters. The van der Waals surface area contributed by atoms with E-state index in [9.17, 15) is 28.8 Å². The molecule has 0 saturated heterocycles. The predicted molar refractivity (Wildman–Crippen MR) is 210 cm³/mol. The van der Waals surface area contributed by atoms with E-state index in [2.05, 4.69) is 0 Å². The topological polar surface area (TPSA) is 345 Å². The van der Waals surface area contributed by atoms with Gasteiger partial charge in [0.1, 0.15) is 67.9 Å². The fourth-order valence-corrected chi connectivity index (χ4v) is 3.93. The van der Waals surface area contributed by atoms with E-state index in [1.807, 2.05) is 0 Å². The van der Waals surface area contributed by atoms with Crippen LogP contribution in [0.1, 0.15) is 62.1 Å². The van der Waals surface area contributed by atoms with Gasteiger partial charge in [-0.2, -0.15) is 0 Å². The number of aromatic hydroxyl groups is 6. The second kappa shape index (κ2) is 27.3. The van der Waals surface area contributed by atoms with Crippen molar-refractivity contribution < 1.29 is 111 Å². The summed E-state index contributed by atoms with van der Waals surface area (Å²) in [6, 6.07) is 34.9. The van der Waals surface area contributed by atoms with Crippen LogP contribution in [0.2, 0.25) is 0 Å². The molecule has 0 spiro atoms. The molecule has 0 unspecified atom stereocenters. The number of hydrogen-bond acceptors (Lipinski definition) is 12. The molecular weight excluding hydrogens is 976 g/mol. The standard InChI is InChI=1S/6C7H6O3.W/c6*8-6-4-2-1-3-5(6)7(9)10;/h6*1-4,8H,(H,9,10);. The minimum Gasteiger partial charge on any atom is -0.507 e. The number of hydrogen-bond donors (Lipinski definition) is 12. The van der Waals surface area contributed by atoms with E-state index in [0.29, 0.717) is 0 Å². The van der Waals surface area contributed by atoms with E-state index in [4.69, 9.17) is 61.3 Å². The Morgan fingerprint density at radius 3 is 0.393 bits per heavy atom. The zero-order valence-electron chi connectivity index (χ0n) is 31.1. The molecule has 0 amide bonds. The number of carboxylic acid groups (broad SMARTS) is 6. The van der Waals surface area contributed by atoms with Gasteiger partial charge in [-0.25, -0.2) is 28.8 Å². The summed E-state index contributed by atoms with van der Waals surface area (Å²) in [5.74, 6) is -7.87. The summed E-state index contributed by atoms with van der Waals surface area (Å²) in [4.78, 5) is 61.6. The number of carbonyl (C=O) groups is 6. The van der Waals surface area contributed by atoms with Crippen LogP contribution < -0.4 is 0 Å². The number of para-hydroxylation sites is 6. The van der Waals surface area contributed by atoms with Crippen molar-refractivity contribution in [2.75, 3.05) is 0 Å². The van der Waals surface area contributed by atoms with Crippen LogP contribution in [0.15, 0.2) is 146 Å². The smallest absolute Gasteiger partial charge is 0.339 e. The van der Waals surface area contributed by atoms with E-state index < -0.39 is 35.8 Å². The third kappa shape index (κ3) is 19.1. The summed E-state index contributed by atoms with van der Waals surface area (Å²) in [5.41, 5.74) is -0.403. The molecule has 12 N–H and O–H groups in total. The van der Waals surface area contributed by atoms with Crippen molar-refractivity contribution in [1.29, 1.82) is 0 Å². The van der Waals surface area contributed by atoms with Gasteiger partial charge in [-0.1, -0.05) is 72.8 Å². The quantitative estimate of drug-likeness (QED) is 0.0842. The van der Waals surface area contributed by atoms with Crippen molar-refractivity contribution in [3.63, 3.8) is 0 Å². The first-order valence-corrected chi connectivity index (χ1v) is 16.4. The average Bonchev–Trinajstić information content (AvgIpc) is 3.19. The van der Waals surface area contributed by atoms with Gasteiger partial charge in [-0.3, -0.25) is 0 Å². The largest absolute Gasteiger partial charge is 0.507 e. The van der Waals surface area contributed by atoms with E-state index >= 15 is 0 Å². The first-order valence-electron chi connectivity index (χ1n) is 16.4. The number of rotatable bonds is 6. The Kier molecular flexibility index (Phi) is 23.6. The van der Waals surface area contributed by atoms with Crippen molar-refractivity contribution in [2.24, 2.45) is 0 Å². The molecule has 0 aliphatic rings. The SMILES string of the molecule is O=C(O)c1ccccc1O.O=C(O)c1ccccc1O.O=C(O)c1ccccc1O.O=C(O)c1ccccc1O.O=C(O)c1ccccc1O.O=C(O)c1ccccc1O.[W]. The number of aromatic carboxylic acids is 6. The third-order valence-electron chi connectivity index (χ3n) is 6.81. The molecule has 0 bridgehead atoms. The minimum atomic E-state index is -1.11. The summed E-state index contributed by atoms with van der Waals surface area (Å²) in [6.45, 7) is 0. The monoisotopic (exact) mass is 1010 g/mol. The van der Waals surface area contributed by atoms with E-state index in [0.717, 1.165) is 0 Å². The zero-order chi connectivity index (χ0) is 45.4. The number of phenols is 6. The fraction of sp³-hybridized carbons (Fsp3) is 0. The maximum Gasteiger partial charge on any atom is 0.339 e. The van der Waals surface area contributed by atoms with Gasteiger partial charge < -0.3 is 61.3 Å². The normalized spacial score (nSPS) is 9.05. The van der Waals surface area contributed by atoms with Crippen LogP contribution in [0.3, 0.4) is 0 Å². The van der Waals surface area contributed by atoms with E-state index in [1.54, 1.807) is 72.8 Å². The van der Waals surface area contributed by atoms with E-state index in [1.165, 1.54) is 72.8 Å². The van der Waals surface area contributed by atoms with Crippen LogP contribution in [0.5, 0.6) is 34.5 Å². The molecule has 0 aliphatic heterocycles. The Morgan fingerprint density at radius 1 is 0.230 bits per heavy atom. The van der Waals surface area contributed by atoms with Gasteiger partial charge in [0, 0.05) is 21.1 Å². The molecular formula is C42H36O18W. The van der Waals surface area contributed by atoms with Crippen molar-refractivity contribution in [3.8, 4) is 34.5 Å². The fourth-order valence-electron chi connectivity index (χ4n) is 3.93. The molecule has 0 fully saturated rings. The Balaban J connectivity index is 0.000000706. The maximum atomic E-state index is 10.3. The second-order valence-corrected chi connectivity index (χ2v) is 10.9. The molecule has 0 aromatic heterocycles. The summed E-state index contributed by atoms with van der Waals surface area (Å²) < 4.78 is 0. The Hall–Kier alpha value is -8.37. The Bertz CT molecular complexity index is 1970. The summed E-state index contributed by atoms with van der Waals surface area (Å²) in [7, 11) is 0. The van der Waals surface area contributed by atoms with Crippen LogP contribution >= 0.6 is 0 Å². The van der Waals surface area contributed by atoms with Gasteiger partial charge in [-0.05, 0) is 72.8 Å². The van der Waals surface area contributed by atoms with Gasteiger partial charge in [0.2, 0.25) is 0 Å². The molecule has 19 heteroatoms. The predicted octanol–water partition coefficient (Wildman–Crippen LogP) is 6.54. The molecule has 0 radical (unpaired) electrons. The Labute approximate surface area is 359 Å². The first kappa shape index (κ1) is 52.6. The van der Waals surface area contributed by atoms with Crippen LogP contribution in [0, 0.1) is 0 Å². The maximum absolute atomic E-state index is 10.3. The van der Waals surface area contributed by atoms with Gasteiger partial charge >= 0.3 is 35.8 Å². The summed E-state index contributed by atoms with van der Waals surface area (Å²) in [6.07, 6.45) is 0. The molecule has 18 nitrogen and oxygen atoms in total. The van der Waals surface area contributed by atoms with Gasteiger partial charge in [0.15, 0.2) is 0 Å². The molecule has 6 aromatic rings. The first-order chi connectivity index (χ1) is 28.3. The molecule has 0 saturated carbocycles. The van der Waals surface area contributed by atoms with Gasteiger partial charge in [-0.15, -0.1) is 0 Å². The molecule has 6 aromatic carbocycles.